The summed E-state index contributed by atoms with van der Waals surface area (Å²) in [5, 5.41) is 10.5. The Labute approximate surface area is 159 Å². The average molecular weight is 380 g/mol. The molecule has 1 aliphatic rings. The number of likely N-dealkylation sites (N-methyl/N-ethyl adjacent to an activating group) is 1. The van der Waals surface area contributed by atoms with Crippen LogP contribution in [-0.2, 0) is 11.2 Å². The fourth-order valence-electron chi connectivity index (χ4n) is 3.05. The van der Waals surface area contributed by atoms with Gasteiger partial charge in [0, 0.05) is 26.6 Å². The number of carbonyl (C=O) groups is 1. The molecule has 0 bridgehead atoms. The summed E-state index contributed by atoms with van der Waals surface area (Å²) in [6.45, 7) is 6.28. The van der Waals surface area contributed by atoms with Crippen molar-refractivity contribution in [3.05, 3.63) is 47.1 Å². The van der Waals surface area contributed by atoms with E-state index in [2.05, 4.69) is 32.7 Å². The van der Waals surface area contributed by atoms with Crippen molar-refractivity contribution in [1.29, 1.82) is 0 Å². The summed E-state index contributed by atoms with van der Waals surface area (Å²) < 4.78 is 5.46. The van der Waals surface area contributed by atoms with Crippen LogP contribution < -0.4 is 10.6 Å². The lowest BCUT2D eigenvalue weighted by molar-refractivity contribution is -0.119. The Morgan fingerprint density at radius 2 is 2.15 bits per heavy atom. The van der Waals surface area contributed by atoms with E-state index in [-0.39, 0.29) is 30.4 Å². The number of nitrogens with one attached hydrogen (secondary N) is 2. The summed E-state index contributed by atoms with van der Waals surface area (Å²) in [6.07, 6.45) is 0.472. The quantitative estimate of drug-likeness (QED) is 0.824. The second-order valence-electron chi connectivity index (χ2n) is 6.61. The van der Waals surface area contributed by atoms with Crippen molar-refractivity contribution < 1.29 is 9.32 Å². The molecule has 3 rings (SSSR count). The predicted molar refractivity (Wildman–Crippen MR) is 101 cm³/mol. The van der Waals surface area contributed by atoms with E-state index >= 15 is 0 Å². The van der Waals surface area contributed by atoms with Gasteiger partial charge < -0.3 is 15.2 Å². The summed E-state index contributed by atoms with van der Waals surface area (Å²) in [4.78, 5) is 18.4. The van der Waals surface area contributed by atoms with Crippen LogP contribution in [0.15, 0.2) is 28.8 Å². The minimum absolute atomic E-state index is 0. The lowest BCUT2D eigenvalue weighted by Crippen LogP contribution is -2.44. The number of amides is 1. The van der Waals surface area contributed by atoms with Crippen molar-refractivity contribution in [2.75, 3.05) is 26.7 Å². The van der Waals surface area contributed by atoms with Gasteiger partial charge in [0.2, 0.25) is 11.8 Å². The maximum Gasteiger partial charge on any atom is 0.229 e. The Balaban J connectivity index is 0.00000243. The zero-order chi connectivity index (χ0) is 17.8. The van der Waals surface area contributed by atoms with Gasteiger partial charge in [0.05, 0.1) is 18.5 Å². The Bertz CT molecular complexity index is 719. The molecular weight excluding hydrogens is 354 g/mol. The monoisotopic (exact) mass is 379 g/mol. The van der Waals surface area contributed by atoms with Crippen LogP contribution in [0.1, 0.15) is 41.8 Å². The number of benzene rings is 1. The summed E-state index contributed by atoms with van der Waals surface area (Å²) in [6, 6.07) is 8.04. The molecule has 26 heavy (non-hydrogen) atoms. The molecule has 0 aliphatic carbocycles. The third-order valence-corrected chi connectivity index (χ3v) is 4.53. The average Bonchev–Trinajstić information content (AvgIpc) is 3.03. The Hall–Kier alpha value is -1.96. The fourth-order valence-corrected chi connectivity index (χ4v) is 3.05. The molecule has 8 heteroatoms. The number of aryl methyl sites for hydroxylation is 1. The van der Waals surface area contributed by atoms with Crippen LogP contribution in [0, 0.1) is 6.92 Å². The van der Waals surface area contributed by atoms with Gasteiger partial charge in [0.1, 0.15) is 0 Å². The van der Waals surface area contributed by atoms with Crippen molar-refractivity contribution in [2.24, 2.45) is 0 Å². The third-order valence-electron chi connectivity index (χ3n) is 4.53. The number of halogens is 1. The first-order valence-corrected chi connectivity index (χ1v) is 8.60. The number of nitrogens with zero attached hydrogens (tertiary/aromatic N) is 3. The van der Waals surface area contributed by atoms with Gasteiger partial charge in [0.15, 0.2) is 5.82 Å². The molecule has 2 atom stereocenters. The molecule has 0 radical (unpaired) electrons. The first kappa shape index (κ1) is 20.4. The van der Waals surface area contributed by atoms with E-state index in [1.807, 2.05) is 31.2 Å². The molecule has 1 aliphatic heterocycles. The van der Waals surface area contributed by atoms with Gasteiger partial charge in [-0.1, -0.05) is 35.0 Å². The van der Waals surface area contributed by atoms with Crippen LogP contribution in [-0.4, -0.2) is 47.6 Å². The highest BCUT2D eigenvalue weighted by Crippen LogP contribution is 2.21. The summed E-state index contributed by atoms with van der Waals surface area (Å²) in [5.41, 5.74) is 2.20. The lowest BCUT2D eigenvalue weighted by atomic mass is 10.0. The van der Waals surface area contributed by atoms with E-state index in [1.54, 1.807) is 0 Å². The predicted octanol–water partition coefficient (Wildman–Crippen LogP) is 1.80. The second kappa shape index (κ2) is 9.12. The van der Waals surface area contributed by atoms with E-state index in [0.717, 1.165) is 25.2 Å². The largest absolute Gasteiger partial charge is 0.349 e. The SMILES string of the molecule is CC(=O)NC(Cc1nc(C2CNCCN2C)no1)c1ccc(C)cc1.Cl. The minimum Gasteiger partial charge on any atom is -0.349 e. The molecule has 1 aromatic carbocycles. The molecule has 7 nitrogen and oxygen atoms in total. The van der Waals surface area contributed by atoms with Crippen molar-refractivity contribution in [3.63, 3.8) is 0 Å². The molecule has 142 valence electrons. The Kier molecular flexibility index (Phi) is 7.14. The first-order chi connectivity index (χ1) is 12.0. The smallest absolute Gasteiger partial charge is 0.229 e. The molecule has 2 heterocycles. The van der Waals surface area contributed by atoms with Crippen LogP contribution in [0.25, 0.3) is 0 Å². The summed E-state index contributed by atoms with van der Waals surface area (Å²) in [5.74, 6) is 1.14. The molecule has 1 amide bonds. The van der Waals surface area contributed by atoms with Gasteiger partial charge >= 0.3 is 0 Å². The van der Waals surface area contributed by atoms with E-state index in [1.165, 1.54) is 12.5 Å². The van der Waals surface area contributed by atoms with E-state index in [9.17, 15) is 4.79 Å². The van der Waals surface area contributed by atoms with E-state index in [0.29, 0.717) is 18.1 Å². The summed E-state index contributed by atoms with van der Waals surface area (Å²) in [7, 11) is 2.06. The van der Waals surface area contributed by atoms with Gasteiger partial charge in [-0.3, -0.25) is 9.69 Å². The maximum absolute atomic E-state index is 11.6. The molecular formula is C18H26ClN5O2. The highest BCUT2D eigenvalue weighted by Gasteiger charge is 2.26. The first-order valence-electron chi connectivity index (χ1n) is 8.60. The molecule has 2 aromatic rings. The van der Waals surface area contributed by atoms with Crippen molar-refractivity contribution in [1.82, 2.24) is 25.7 Å². The highest BCUT2D eigenvalue weighted by atomic mass is 35.5. The van der Waals surface area contributed by atoms with Gasteiger partial charge in [-0.15, -0.1) is 12.4 Å². The Morgan fingerprint density at radius 3 is 2.81 bits per heavy atom. The van der Waals surface area contributed by atoms with Crippen LogP contribution in [0.3, 0.4) is 0 Å². The number of piperazine rings is 1. The normalized spacial score (nSPS) is 18.8. The molecule has 0 spiro atoms. The maximum atomic E-state index is 11.6. The molecule has 0 saturated carbocycles. The standard InChI is InChI=1S/C18H25N5O2.ClH/c1-12-4-6-14(7-5-12)15(20-13(2)24)10-17-21-18(22-25-17)16-11-19-8-9-23(16)3;/h4-7,15-16,19H,8-11H2,1-3H3,(H,20,24);1H. The van der Waals surface area contributed by atoms with Crippen molar-refractivity contribution >= 4 is 18.3 Å². The van der Waals surface area contributed by atoms with E-state index < -0.39 is 0 Å². The van der Waals surface area contributed by atoms with Crippen LogP contribution in [0.4, 0.5) is 0 Å². The van der Waals surface area contributed by atoms with Crippen LogP contribution in [0.5, 0.6) is 0 Å². The van der Waals surface area contributed by atoms with Crippen LogP contribution in [0.2, 0.25) is 0 Å². The number of aromatic nitrogens is 2. The molecule has 2 unspecified atom stereocenters. The van der Waals surface area contributed by atoms with E-state index in [4.69, 9.17) is 4.52 Å². The van der Waals surface area contributed by atoms with Gasteiger partial charge in [-0.25, -0.2) is 0 Å². The van der Waals surface area contributed by atoms with Crippen molar-refractivity contribution in [2.45, 2.75) is 32.4 Å². The zero-order valence-corrected chi connectivity index (χ0v) is 16.2. The molecule has 1 saturated heterocycles. The van der Waals surface area contributed by atoms with Gasteiger partial charge in [-0.2, -0.15) is 4.98 Å². The van der Waals surface area contributed by atoms with Gasteiger partial charge in [0.25, 0.3) is 0 Å². The Morgan fingerprint density at radius 1 is 1.42 bits per heavy atom. The number of rotatable bonds is 5. The lowest BCUT2D eigenvalue weighted by Gasteiger charge is -2.30. The molecule has 1 fully saturated rings. The number of hydrogen-bond acceptors (Lipinski definition) is 6. The minimum atomic E-state index is -0.186. The number of carbonyl (C=O) groups excluding carboxylic acids is 1. The van der Waals surface area contributed by atoms with Gasteiger partial charge in [-0.05, 0) is 19.5 Å². The molecule has 1 aromatic heterocycles. The zero-order valence-electron chi connectivity index (χ0n) is 15.4. The van der Waals surface area contributed by atoms with Crippen molar-refractivity contribution in [3.8, 4) is 0 Å². The van der Waals surface area contributed by atoms with Crippen LogP contribution >= 0.6 is 12.4 Å². The number of hydrogen-bond donors (Lipinski definition) is 2. The molecule has 2 N–H and O–H groups in total. The topological polar surface area (TPSA) is 83.3 Å². The second-order valence-corrected chi connectivity index (χ2v) is 6.61. The fraction of sp³-hybridized carbons (Fsp3) is 0.500. The third kappa shape index (κ3) is 5.03. The summed E-state index contributed by atoms with van der Waals surface area (Å²) >= 11 is 0. The highest BCUT2D eigenvalue weighted by molar-refractivity contribution is 5.85.